The van der Waals surface area contributed by atoms with Crippen LogP contribution in [0.25, 0.3) is 0 Å². The minimum atomic E-state index is -0.353. The number of carbonyl (C=O) groups excluding carboxylic acids is 1. The van der Waals surface area contributed by atoms with Crippen LogP contribution in [0.3, 0.4) is 0 Å². The van der Waals surface area contributed by atoms with E-state index in [1.807, 2.05) is 0 Å². The van der Waals surface area contributed by atoms with Crippen molar-refractivity contribution in [1.82, 2.24) is 4.90 Å². The zero-order chi connectivity index (χ0) is 9.84. The molecule has 1 aliphatic rings. The lowest BCUT2D eigenvalue weighted by molar-refractivity contribution is -0.141. The molecule has 1 atom stereocenters. The molecule has 0 aliphatic carbocycles. The summed E-state index contributed by atoms with van der Waals surface area (Å²) in [5.74, 6) is 0.0756. The van der Waals surface area contributed by atoms with Gasteiger partial charge >= 0.3 is 0 Å². The summed E-state index contributed by atoms with van der Waals surface area (Å²) in [5, 5.41) is 0. The zero-order valence-electron chi connectivity index (χ0n) is 8.03. The normalized spacial score (nSPS) is 23.2. The number of likely N-dealkylation sites (tertiary alicyclic amines) is 1. The quantitative estimate of drug-likeness (QED) is 0.584. The van der Waals surface area contributed by atoms with Gasteiger partial charge < -0.3 is 20.1 Å². The number of rotatable bonds is 4. The third-order valence-corrected chi connectivity index (χ3v) is 2.14. The Morgan fingerprint density at radius 3 is 2.62 bits per heavy atom. The summed E-state index contributed by atoms with van der Waals surface area (Å²) in [5.41, 5.74) is 5.63. The summed E-state index contributed by atoms with van der Waals surface area (Å²) in [7, 11) is 3.10. The van der Waals surface area contributed by atoms with Crippen molar-refractivity contribution in [3.63, 3.8) is 0 Å². The number of nitrogens with zero attached hydrogens (tertiary/aromatic N) is 1. The number of amides is 1. The van der Waals surface area contributed by atoms with Gasteiger partial charge in [-0.15, -0.1) is 0 Å². The average molecular weight is 188 g/mol. The van der Waals surface area contributed by atoms with Crippen LogP contribution >= 0.6 is 0 Å². The van der Waals surface area contributed by atoms with Gasteiger partial charge in [0.2, 0.25) is 5.91 Å². The van der Waals surface area contributed by atoms with Crippen LogP contribution in [-0.2, 0) is 14.3 Å². The molecular weight excluding hydrogens is 172 g/mol. The van der Waals surface area contributed by atoms with Crippen molar-refractivity contribution in [2.24, 2.45) is 5.73 Å². The van der Waals surface area contributed by atoms with Gasteiger partial charge in [0, 0.05) is 33.2 Å². The highest BCUT2D eigenvalue weighted by Gasteiger charge is 2.28. The van der Waals surface area contributed by atoms with E-state index in [0.717, 1.165) is 0 Å². The van der Waals surface area contributed by atoms with Crippen LogP contribution in [-0.4, -0.2) is 50.4 Å². The molecule has 0 spiro atoms. The first-order valence-corrected chi connectivity index (χ1v) is 4.26. The van der Waals surface area contributed by atoms with Crippen LogP contribution in [0.15, 0.2) is 0 Å². The fourth-order valence-corrected chi connectivity index (χ4v) is 1.40. The Hall–Kier alpha value is -0.650. The number of carbonyl (C=O) groups is 1. The monoisotopic (exact) mass is 188 g/mol. The van der Waals surface area contributed by atoms with E-state index in [4.69, 9.17) is 15.2 Å². The van der Waals surface area contributed by atoms with E-state index in [9.17, 15) is 4.79 Å². The van der Waals surface area contributed by atoms with E-state index in [1.54, 1.807) is 19.1 Å². The lowest BCUT2D eigenvalue weighted by Crippen LogP contribution is -2.36. The van der Waals surface area contributed by atoms with Gasteiger partial charge in [0.25, 0.3) is 0 Å². The molecule has 76 valence electrons. The lowest BCUT2D eigenvalue weighted by atomic mass is 10.3. The molecule has 0 saturated carbocycles. The van der Waals surface area contributed by atoms with Crippen molar-refractivity contribution in [2.75, 3.05) is 27.3 Å². The Morgan fingerprint density at radius 1 is 1.62 bits per heavy atom. The summed E-state index contributed by atoms with van der Waals surface area (Å²) in [6, 6.07) is -0.0399. The Morgan fingerprint density at radius 2 is 2.23 bits per heavy atom. The zero-order valence-corrected chi connectivity index (χ0v) is 8.03. The standard InChI is InChI=1S/C8H16N2O3/c1-12-8(13-2)5-10-4-6(9)3-7(10)11/h6,8H,3-5,9H2,1-2H3. The second-order valence-electron chi connectivity index (χ2n) is 3.16. The predicted octanol–water partition coefficient (Wildman–Crippen LogP) is -0.835. The fraction of sp³-hybridized carbons (Fsp3) is 0.875. The van der Waals surface area contributed by atoms with E-state index >= 15 is 0 Å². The predicted molar refractivity (Wildman–Crippen MR) is 47.0 cm³/mol. The van der Waals surface area contributed by atoms with E-state index in [1.165, 1.54) is 0 Å². The first-order chi connectivity index (χ1) is 6.17. The molecule has 1 heterocycles. The number of ether oxygens (including phenoxy) is 2. The molecule has 1 amide bonds. The highest BCUT2D eigenvalue weighted by atomic mass is 16.7. The van der Waals surface area contributed by atoms with Crippen molar-refractivity contribution in [3.8, 4) is 0 Å². The van der Waals surface area contributed by atoms with Gasteiger partial charge in [-0.25, -0.2) is 0 Å². The van der Waals surface area contributed by atoms with E-state index in [-0.39, 0.29) is 18.2 Å². The molecule has 0 aromatic rings. The molecule has 0 aromatic carbocycles. The molecule has 13 heavy (non-hydrogen) atoms. The molecule has 1 rings (SSSR count). The lowest BCUT2D eigenvalue weighted by Gasteiger charge is -2.21. The molecule has 1 aliphatic heterocycles. The van der Waals surface area contributed by atoms with Crippen molar-refractivity contribution >= 4 is 5.91 Å². The second kappa shape index (κ2) is 4.55. The maximum absolute atomic E-state index is 11.3. The molecule has 5 heteroatoms. The van der Waals surface area contributed by atoms with Crippen molar-refractivity contribution in [2.45, 2.75) is 18.8 Å². The number of methoxy groups -OCH3 is 2. The average Bonchev–Trinajstić information content (AvgIpc) is 2.41. The molecular formula is C8H16N2O3. The summed E-state index contributed by atoms with van der Waals surface area (Å²) in [4.78, 5) is 13.0. The van der Waals surface area contributed by atoms with Gasteiger partial charge in [-0.3, -0.25) is 4.79 Å². The van der Waals surface area contributed by atoms with Crippen molar-refractivity contribution in [1.29, 1.82) is 0 Å². The van der Waals surface area contributed by atoms with Crippen LogP contribution in [0.5, 0.6) is 0 Å². The first kappa shape index (κ1) is 10.4. The molecule has 5 nitrogen and oxygen atoms in total. The third-order valence-electron chi connectivity index (χ3n) is 2.14. The van der Waals surface area contributed by atoms with Crippen LogP contribution in [0, 0.1) is 0 Å². The minimum Gasteiger partial charge on any atom is -0.354 e. The maximum atomic E-state index is 11.3. The third kappa shape index (κ3) is 2.65. The Labute approximate surface area is 77.8 Å². The minimum absolute atomic E-state index is 0.0399. The van der Waals surface area contributed by atoms with Crippen molar-refractivity contribution in [3.05, 3.63) is 0 Å². The van der Waals surface area contributed by atoms with Gasteiger partial charge in [0.15, 0.2) is 6.29 Å². The summed E-state index contributed by atoms with van der Waals surface area (Å²) >= 11 is 0. The second-order valence-corrected chi connectivity index (χ2v) is 3.16. The number of hydrogen-bond donors (Lipinski definition) is 1. The molecule has 0 radical (unpaired) electrons. The van der Waals surface area contributed by atoms with Crippen LogP contribution in [0.4, 0.5) is 0 Å². The highest BCUT2D eigenvalue weighted by Crippen LogP contribution is 2.10. The molecule has 1 fully saturated rings. The molecule has 0 aromatic heterocycles. The van der Waals surface area contributed by atoms with E-state index in [0.29, 0.717) is 19.5 Å². The van der Waals surface area contributed by atoms with Gasteiger partial charge in [0.05, 0.1) is 6.54 Å². The smallest absolute Gasteiger partial charge is 0.224 e. The summed E-state index contributed by atoms with van der Waals surface area (Å²) in [6.07, 6.45) is 0.0782. The fourth-order valence-electron chi connectivity index (χ4n) is 1.40. The summed E-state index contributed by atoms with van der Waals surface area (Å²) < 4.78 is 9.98. The van der Waals surface area contributed by atoms with Gasteiger partial charge in [-0.2, -0.15) is 0 Å². The topological polar surface area (TPSA) is 64.8 Å². The van der Waals surface area contributed by atoms with Gasteiger partial charge in [-0.05, 0) is 0 Å². The Bertz CT molecular complexity index is 182. The largest absolute Gasteiger partial charge is 0.354 e. The SMILES string of the molecule is COC(CN1CC(N)CC1=O)OC. The Balaban J connectivity index is 2.40. The first-order valence-electron chi connectivity index (χ1n) is 4.26. The van der Waals surface area contributed by atoms with Crippen molar-refractivity contribution < 1.29 is 14.3 Å². The Kier molecular flexibility index (Phi) is 3.65. The summed E-state index contributed by atoms with van der Waals surface area (Å²) in [6.45, 7) is 1.06. The van der Waals surface area contributed by atoms with Gasteiger partial charge in [0.1, 0.15) is 0 Å². The number of hydrogen-bond acceptors (Lipinski definition) is 4. The van der Waals surface area contributed by atoms with E-state index < -0.39 is 0 Å². The highest BCUT2D eigenvalue weighted by molar-refractivity contribution is 5.79. The van der Waals surface area contributed by atoms with Crippen LogP contribution < -0.4 is 5.73 Å². The van der Waals surface area contributed by atoms with Gasteiger partial charge in [-0.1, -0.05) is 0 Å². The molecule has 1 unspecified atom stereocenters. The molecule has 1 saturated heterocycles. The molecule has 0 bridgehead atoms. The number of nitrogens with two attached hydrogens (primary N) is 1. The van der Waals surface area contributed by atoms with Crippen LogP contribution in [0.2, 0.25) is 0 Å². The maximum Gasteiger partial charge on any atom is 0.224 e. The molecule has 2 N–H and O–H groups in total. The van der Waals surface area contributed by atoms with Crippen LogP contribution in [0.1, 0.15) is 6.42 Å². The van der Waals surface area contributed by atoms with E-state index in [2.05, 4.69) is 0 Å².